The van der Waals surface area contributed by atoms with Crippen LogP contribution in [-0.2, 0) is 16.1 Å². The number of hydrogen-bond donors (Lipinski definition) is 4. The smallest absolute Gasteiger partial charge is 0.335 e. The highest BCUT2D eigenvalue weighted by Crippen LogP contribution is 2.18. The Bertz CT molecular complexity index is 464. The number of hydrogen-bond acceptors (Lipinski definition) is 6. The van der Waals surface area contributed by atoms with Crippen LogP contribution in [0, 0.1) is 0 Å². The lowest BCUT2D eigenvalue weighted by Gasteiger charge is -2.34. The summed E-state index contributed by atoms with van der Waals surface area (Å²) >= 11 is 0. The Morgan fingerprint density at radius 1 is 1.19 bits per heavy atom. The summed E-state index contributed by atoms with van der Waals surface area (Å²) in [5, 5.41) is 37.2. The molecule has 21 heavy (non-hydrogen) atoms. The van der Waals surface area contributed by atoms with Gasteiger partial charge in [-0.15, -0.1) is 0 Å². The number of aliphatic hydroxyl groups excluding tert-OH is 3. The Balaban J connectivity index is 0.00000220. The molecule has 1 aromatic rings. The quantitative estimate of drug-likeness (QED) is 0.482. The number of aromatic carboxylic acids is 1. The van der Waals surface area contributed by atoms with Crippen molar-refractivity contribution in [3.63, 3.8) is 0 Å². The van der Waals surface area contributed by atoms with Gasteiger partial charge in [0.1, 0.15) is 18.3 Å². The van der Waals surface area contributed by atoms with Crippen molar-refractivity contribution in [3.8, 4) is 0 Å². The van der Waals surface area contributed by atoms with E-state index >= 15 is 0 Å². The molecule has 0 aromatic heterocycles. The molecule has 2 rings (SSSR count). The van der Waals surface area contributed by atoms with Gasteiger partial charge in [0, 0.05) is 0 Å². The van der Waals surface area contributed by atoms with Crippen molar-refractivity contribution >= 4 is 23.3 Å². The van der Waals surface area contributed by atoms with Gasteiger partial charge in [0.25, 0.3) is 0 Å². The molecular formula is C13H19AlO7. The van der Waals surface area contributed by atoms with E-state index < -0.39 is 30.6 Å². The van der Waals surface area contributed by atoms with Crippen molar-refractivity contribution < 1.29 is 34.7 Å². The zero-order valence-corrected chi connectivity index (χ0v) is 10.5. The van der Waals surface area contributed by atoms with E-state index in [-0.39, 0.29) is 36.1 Å². The fourth-order valence-electron chi connectivity index (χ4n) is 1.85. The second-order valence-corrected chi connectivity index (χ2v) is 4.56. The Morgan fingerprint density at radius 2 is 1.81 bits per heavy atom. The molecule has 0 amide bonds. The molecule has 116 valence electrons. The Labute approximate surface area is 131 Å². The summed E-state index contributed by atoms with van der Waals surface area (Å²) in [6, 6.07) is 6.06. The van der Waals surface area contributed by atoms with Gasteiger partial charge in [0.05, 0.1) is 18.8 Å². The Morgan fingerprint density at radius 3 is 2.38 bits per heavy atom. The average Bonchev–Trinajstić information content (AvgIpc) is 2.44. The van der Waals surface area contributed by atoms with Crippen LogP contribution >= 0.6 is 0 Å². The molecule has 8 heteroatoms. The summed E-state index contributed by atoms with van der Waals surface area (Å²) in [4.78, 5) is 10.7. The lowest BCUT2D eigenvalue weighted by Crippen LogP contribution is -2.53. The van der Waals surface area contributed by atoms with Crippen LogP contribution < -0.4 is 0 Å². The third-order valence-corrected chi connectivity index (χ3v) is 3.07. The minimum Gasteiger partial charge on any atom is -0.478 e. The highest BCUT2D eigenvalue weighted by molar-refractivity contribution is 5.87. The van der Waals surface area contributed by atoms with Crippen LogP contribution in [0.4, 0.5) is 0 Å². The molecule has 0 unspecified atom stereocenters. The summed E-state index contributed by atoms with van der Waals surface area (Å²) in [5.41, 5.74) is 0.868. The molecule has 0 saturated carbocycles. The van der Waals surface area contributed by atoms with Crippen LogP contribution in [0.3, 0.4) is 0 Å². The molecule has 0 aliphatic carbocycles. The predicted molar refractivity (Wildman–Crippen MR) is 75.9 cm³/mol. The van der Waals surface area contributed by atoms with Crippen LogP contribution in [-0.4, -0.2) is 75.0 Å². The summed E-state index contributed by atoms with van der Waals surface area (Å²) < 4.78 is 10.4. The third kappa shape index (κ3) is 4.49. The minimum absolute atomic E-state index is 0. The maximum absolute atomic E-state index is 10.7. The molecule has 1 aliphatic rings. The van der Waals surface area contributed by atoms with Gasteiger partial charge in [-0.25, -0.2) is 4.79 Å². The van der Waals surface area contributed by atoms with Crippen molar-refractivity contribution in [2.24, 2.45) is 0 Å². The van der Waals surface area contributed by atoms with Gasteiger partial charge in [-0.2, -0.15) is 0 Å². The van der Waals surface area contributed by atoms with Crippen LogP contribution in [0.2, 0.25) is 0 Å². The lowest BCUT2D eigenvalue weighted by atomic mass is 10.1. The van der Waals surface area contributed by atoms with E-state index in [2.05, 4.69) is 0 Å². The lowest BCUT2D eigenvalue weighted by molar-refractivity contribution is -0.273. The van der Waals surface area contributed by atoms with Gasteiger partial charge < -0.3 is 29.9 Å². The number of carboxylic acids is 1. The van der Waals surface area contributed by atoms with Gasteiger partial charge in [-0.1, -0.05) is 12.1 Å². The van der Waals surface area contributed by atoms with Crippen molar-refractivity contribution in [2.45, 2.75) is 31.2 Å². The monoisotopic (exact) mass is 314 g/mol. The number of benzene rings is 1. The topological polar surface area (TPSA) is 116 Å². The molecule has 0 radical (unpaired) electrons. The van der Waals surface area contributed by atoms with Crippen molar-refractivity contribution in [3.05, 3.63) is 35.4 Å². The summed E-state index contributed by atoms with van der Waals surface area (Å²) in [6.45, 7) is -0.0364. The SMILES string of the molecule is O=C(O)c1ccc(CO[C@H]2OC[C@@H](O)[C@H](O)[C@H]2O)cc1.[AlH3]. The van der Waals surface area contributed by atoms with Gasteiger partial charge in [-0.05, 0) is 17.7 Å². The first-order valence-corrected chi connectivity index (χ1v) is 6.08. The maximum atomic E-state index is 10.7. The molecule has 1 heterocycles. The molecule has 4 N–H and O–H groups in total. The fourth-order valence-corrected chi connectivity index (χ4v) is 1.85. The van der Waals surface area contributed by atoms with Gasteiger partial charge in [-0.3, -0.25) is 0 Å². The second-order valence-electron chi connectivity index (χ2n) is 4.56. The molecule has 1 fully saturated rings. The standard InChI is InChI=1S/C13H16O7.Al.3H/c14-9-6-20-13(11(16)10(9)15)19-5-7-1-3-8(4-2-7)12(17)18;;;;/h1-4,9-11,13-16H,5-6H2,(H,17,18);;;;/t9-,10+,11-,13+;;;;/m1..../s1. The first kappa shape index (κ1) is 18.1. The molecular weight excluding hydrogens is 295 g/mol. The van der Waals surface area contributed by atoms with Crippen molar-refractivity contribution in [1.82, 2.24) is 0 Å². The Hall–Kier alpha value is -0.978. The molecule has 1 aromatic carbocycles. The minimum atomic E-state index is -1.34. The summed E-state index contributed by atoms with van der Waals surface area (Å²) in [5.74, 6) is -1.01. The number of aliphatic hydroxyl groups is 3. The molecule has 7 nitrogen and oxygen atoms in total. The van der Waals surface area contributed by atoms with Crippen LogP contribution in [0.15, 0.2) is 24.3 Å². The molecule has 0 bridgehead atoms. The zero-order chi connectivity index (χ0) is 14.7. The van der Waals surface area contributed by atoms with E-state index in [4.69, 9.17) is 14.6 Å². The maximum Gasteiger partial charge on any atom is 0.335 e. The number of ether oxygens (including phenoxy) is 2. The highest BCUT2D eigenvalue weighted by Gasteiger charge is 2.38. The number of carboxylic acid groups (broad SMARTS) is 1. The first-order chi connectivity index (χ1) is 9.49. The second kappa shape index (κ2) is 7.87. The van der Waals surface area contributed by atoms with Crippen molar-refractivity contribution in [1.29, 1.82) is 0 Å². The predicted octanol–water partition coefficient (Wildman–Crippen LogP) is -1.84. The fraction of sp³-hybridized carbons (Fsp3) is 0.462. The zero-order valence-electron chi connectivity index (χ0n) is 10.5. The third-order valence-electron chi connectivity index (χ3n) is 3.07. The van der Waals surface area contributed by atoms with E-state index in [1.54, 1.807) is 12.1 Å². The summed E-state index contributed by atoms with van der Waals surface area (Å²) in [6.07, 6.45) is -4.83. The average molecular weight is 314 g/mol. The van der Waals surface area contributed by atoms with Crippen LogP contribution in [0.5, 0.6) is 0 Å². The van der Waals surface area contributed by atoms with E-state index in [1.165, 1.54) is 12.1 Å². The number of carbonyl (C=O) groups is 1. The van der Waals surface area contributed by atoms with E-state index in [0.29, 0.717) is 5.56 Å². The van der Waals surface area contributed by atoms with E-state index in [0.717, 1.165) is 0 Å². The summed E-state index contributed by atoms with van der Waals surface area (Å²) in [7, 11) is 0. The van der Waals surface area contributed by atoms with E-state index in [1.807, 2.05) is 0 Å². The number of rotatable bonds is 4. The first-order valence-electron chi connectivity index (χ1n) is 6.08. The van der Waals surface area contributed by atoms with Gasteiger partial charge in [0.2, 0.25) is 0 Å². The van der Waals surface area contributed by atoms with Gasteiger partial charge >= 0.3 is 5.97 Å². The van der Waals surface area contributed by atoms with Crippen LogP contribution in [0.1, 0.15) is 15.9 Å². The Kier molecular flexibility index (Phi) is 6.77. The molecule has 4 atom stereocenters. The molecule has 1 aliphatic heterocycles. The normalized spacial score (nSPS) is 28.7. The largest absolute Gasteiger partial charge is 0.478 e. The molecule has 1 saturated heterocycles. The van der Waals surface area contributed by atoms with Gasteiger partial charge in [0.15, 0.2) is 23.7 Å². The molecule has 0 spiro atoms. The highest BCUT2D eigenvalue weighted by atomic mass is 27.0. The van der Waals surface area contributed by atoms with E-state index in [9.17, 15) is 20.1 Å². The van der Waals surface area contributed by atoms with Crippen molar-refractivity contribution in [2.75, 3.05) is 6.61 Å². The van der Waals surface area contributed by atoms with Crippen LogP contribution in [0.25, 0.3) is 0 Å².